The van der Waals surface area contributed by atoms with Crippen molar-refractivity contribution in [3.63, 3.8) is 0 Å². The Hall–Kier alpha value is -0.0284. The molecule has 2 fully saturated rings. The topological polar surface area (TPSA) is 73.7 Å². The fourth-order valence-corrected chi connectivity index (χ4v) is 7.19. The third-order valence-electron chi connectivity index (χ3n) is 7.83. The van der Waals surface area contributed by atoms with Gasteiger partial charge in [0.25, 0.3) is 0 Å². The Kier molecular flexibility index (Phi) is 9.19. The Morgan fingerprint density at radius 2 is 1.79 bits per heavy atom. The Balaban J connectivity index is 0.00000274. The average Bonchev–Trinajstić information content (AvgIpc) is 2.98. The van der Waals surface area contributed by atoms with Crippen LogP contribution in [0.4, 0.5) is 0 Å². The fraction of sp³-hybridized carbons (Fsp3) is 0.538. The number of fused-ring (bicyclic) bond motifs is 2. The molecule has 1 saturated carbocycles. The summed E-state index contributed by atoms with van der Waals surface area (Å²) in [6.45, 7) is 1.44. The number of carbonyl (C=O) groups excluding carboxylic acids is 1. The van der Waals surface area contributed by atoms with Crippen LogP contribution in [-0.4, -0.2) is 51.3 Å². The molecule has 5 rings (SSSR count). The van der Waals surface area contributed by atoms with Gasteiger partial charge in [0.15, 0.2) is 0 Å². The van der Waals surface area contributed by atoms with Gasteiger partial charge in [-0.25, -0.2) is 0 Å². The molecule has 1 amide bonds. The molecule has 2 aliphatic carbocycles. The molecule has 2 N–H and O–H groups in total. The molecule has 2 heterocycles. The van der Waals surface area contributed by atoms with Crippen molar-refractivity contribution in [2.24, 2.45) is 11.8 Å². The van der Waals surface area contributed by atoms with Crippen LogP contribution in [-0.2, 0) is 17.6 Å². The summed E-state index contributed by atoms with van der Waals surface area (Å²) >= 11 is 10.2. The van der Waals surface area contributed by atoms with Gasteiger partial charge in [-0.3, -0.25) is 9.78 Å². The zero-order chi connectivity index (χ0) is 23.1. The van der Waals surface area contributed by atoms with Crippen molar-refractivity contribution in [1.82, 2.24) is 9.88 Å². The van der Waals surface area contributed by atoms with E-state index in [1.807, 2.05) is 23.2 Å². The first-order valence-corrected chi connectivity index (χ1v) is 13.2. The fourth-order valence-electron chi connectivity index (χ4n) is 6.07. The second kappa shape index (κ2) is 11.6. The summed E-state index contributed by atoms with van der Waals surface area (Å²) in [6.07, 6.45) is 5.63. The summed E-state index contributed by atoms with van der Waals surface area (Å²) in [4.78, 5) is 20.0. The van der Waals surface area contributed by atoms with Gasteiger partial charge in [0.1, 0.15) is 0 Å². The summed E-state index contributed by atoms with van der Waals surface area (Å²) < 4.78 is 1.04. The standard InChI is InChI=1S/C26H30BrClN2O3.Ac/c27-20-14-19(28)12-17-4-3-16-2-1-9-29-25(16)24(23(17)20)15-7-10-30(11-8-15)26(33)18-5-6-21(31)22(32)13-18;/h1-2,9,12,14-15,18,21-22,24,31-32H,3-8,10-11,13H2;/t18?,21?,22?,24-;/m1./s1. The molecule has 0 spiro atoms. The second-order valence-electron chi connectivity index (χ2n) is 9.79. The maximum atomic E-state index is 13.1. The number of hydrogen-bond donors (Lipinski definition) is 2. The van der Waals surface area contributed by atoms with Gasteiger partial charge in [0, 0.05) is 84.7 Å². The van der Waals surface area contributed by atoms with E-state index in [0.717, 1.165) is 54.0 Å². The van der Waals surface area contributed by atoms with Crippen molar-refractivity contribution in [1.29, 1.82) is 0 Å². The van der Waals surface area contributed by atoms with Gasteiger partial charge in [-0.2, -0.15) is 0 Å². The molecular formula is C26H30AcBrClN2O3. The first-order chi connectivity index (χ1) is 15.9. The van der Waals surface area contributed by atoms with Crippen molar-refractivity contribution >= 4 is 33.4 Å². The molecule has 8 heteroatoms. The number of rotatable bonds is 2. The monoisotopic (exact) mass is 759 g/mol. The number of aliphatic hydroxyl groups excluding tert-OH is 2. The van der Waals surface area contributed by atoms with Crippen LogP contribution in [0.15, 0.2) is 34.9 Å². The number of hydrogen-bond acceptors (Lipinski definition) is 4. The first kappa shape index (κ1) is 27.0. The van der Waals surface area contributed by atoms with Crippen LogP contribution in [0, 0.1) is 55.9 Å². The number of aryl methyl sites for hydroxylation is 2. The van der Waals surface area contributed by atoms with Gasteiger partial charge < -0.3 is 15.1 Å². The summed E-state index contributed by atoms with van der Waals surface area (Å²) in [5.74, 6) is 0.509. The smallest absolute Gasteiger partial charge is 0.225 e. The number of piperidine rings is 1. The first-order valence-electron chi connectivity index (χ1n) is 12.0. The molecular weight excluding hydrogens is 731 g/mol. The third kappa shape index (κ3) is 5.46. The quantitative estimate of drug-likeness (QED) is 0.474. The van der Waals surface area contributed by atoms with E-state index in [-0.39, 0.29) is 61.8 Å². The van der Waals surface area contributed by atoms with Crippen molar-refractivity contribution in [2.75, 3.05) is 13.1 Å². The maximum Gasteiger partial charge on any atom is 0.225 e. The van der Waals surface area contributed by atoms with Crippen LogP contribution >= 0.6 is 27.5 Å². The number of pyridine rings is 1. The minimum absolute atomic E-state index is 0. The van der Waals surface area contributed by atoms with Gasteiger partial charge in [0.05, 0.1) is 17.9 Å². The van der Waals surface area contributed by atoms with E-state index >= 15 is 0 Å². The van der Waals surface area contributed by atoms with Crippen LogP contribution in [0.5, 0.6) is 0 Å². The number of carbonyl (C=O) groups is 1. The van der Waals surface area contributed by atoms with Crippen molar-refractivity contribution in [3.05, 3.63) is 62.3 Å². The molecule has 34 heavy (non-hydrogen) atoms. The van der Waals surface area contributed by atoms with E-state index in [4.69, 9.17) is 16.6 Å². The predicted molar refractivity (Wildman–Crippen MR) is 131 cm³/mol. The Morgan fingerprint density at radius 3 is 2.53 bits per heavy atom. The van der Waals surface area contributed by atoms with Gasteiger partial charge in [-0.05, 0) is 85.8 Å². The summed E-state index contributed by atoms with van der Waals surface area (Å²) in [7, 11) is 0. The van der Waals surface area contributed by atoms with Crippen molar-refractivity contribution < 1.29 is 59.1 Å². The second-order valence-corrected chi connectivity index (χ2v) is 11.1. The van der Waals surface area contributed by atoms with Crippen LogP contribution in [0.3, 0.4) is 0 Å². The minimum atomic E-state index is -0.792. The number of benzene rings is 1. The normalized spacial score (nSPS) is 27.2. The molecule has 1 aliphatic heterocycles. The molecule has 1 aromatic heterocycles. The number of likely N-dealkylation sites (tertiary alicyclic amines) is 1. The predicted octanol–water partition coefficient (Wildman–Crippen LogP) is 4.49. The maximum absolute atomic E-state index is 13.1. The van der Waals surface area contributed by atoms with E-state index in [2.05, 4.69) is 28.1 Å². The van der Waals surface area contributed by atoms with Crippen LogP contribution < -0.4 is 0 Å². The third-order valence-corrected chi connectivity index (χ3v) is 8.70. The van der Waals surface area contributed by atoms with Crippen LogP contribution in [0.2, 0.25) is 5.02 Å². The van der Waals surface area contributed by atoms with E-state index in [0.29, 0.717) is 25.2 Å². The molecule has 3 aliphatic rings. The molecule has 0 bridgehead atoms. The SMILES string of the molecule is O=C(C1CCC(O)C(O)C1)N1CCC([C@H]2c3ncccc3CCc3cc(Cl)cc(Br)c32)CC1.[Ac]. The molecule has 1 radical (unpaired) electrons. The molecule has 1 aromatic carbocycles. The Labute approximate surface area is 250 Å². The minimum Gasteiger partial charge on any atom is -0.390 e. The molecule has 179 valence electrons. The van der Waals surface area contributed by atoms with Crippen LogP contribution in [0.25, 0.3) is 0 Å². The number of aromatic nitrogens is 1. The van der Waals surface area contributed by atoms with Crippen molar-refractivity contribution in [3.8, 4) is 0 Å². The van der Waals surface area contributed by atoms with E-state index in [1.54, 1.807) is 0 Å². The molecule has 5 nitrogen and oxygen atoms in total. The van der Waals surface area contributed by atoms with E-state index < -0.39 is 12.2 Å². The van der Waals surface area contributed by atoms with E-state index in [1.165, 1.54) is 16.7 Å². The number of nitrogens with zero attached hydrogens (tertiary/aromatic N) is 2. The van der Waals surface area contributed by atoms with Gasteiger partial charge in [-0.15, -0.1) is 0 Å². The van der Waals surface area contributed by atoms with Gasteiger partial charge in [0.2, 0.25) is 5.91 Å². The summed E-state index contributed by atoms with van der Waals surface area (Å²) in [5.41, 5.74) is 5.04. The number of aliphatic hydroxyl groups is 2. The molecule has 3 unspecified atom stereocenters. The van der Waals surface area contributed by atoms with Gasteiger partial charge in [-0.1, -0.05) is 33.6 Å². The van der Waals surface area contributed by atoms with Gasteiger partial charge >= 0.3 is 0 Å². The zero-order valence-corrected chi connectivity index (χ0v) is 26.3. The Morgan fingerprint density at radius 1 is 1.06 bits per heavy atom. The Bertz CT molecular complexity index is 1050. The largest absolute Gasteiger partial charge is 0.390 e. The molecule has 1 saturated heterocycles. The molecule has 2 aromatic rings. The van der Waals surface area contributed by atoms with Crippen LogP contribution in [0.1, 0.15) is 60.4 Å². The van der Waals surface area contributed by atoms with E-state index in [9.17, 15) is 15.0 Å². The number of halogens is 2. The van der Waals surface area contributed by atoms with Crippen molar-refractivity contribution in [2.45, 2.75) is 63.1 Å². The zero-order valence-electron chi connectivity index (χ0n) is 19.2. The molecule has 4 atom stereocenters. The average molecular weight is 761 g/mol. The number of amides is 1. The summed E-state index contributed by atoms with van der Waals surface area (Å²) in [6, 6.07) is 8.30. The summed E-state index contributed by atoms with van der Waals surface area (Å²) in [5, 5.41) is 20.6.